The van der Waals surface area contributed by atoms with Crippen molar-refractivity contribution in [1.29, 1.82) is 0 Å². The fourth-order valence-corrected chi connectivity index (χ4v) is 2.69. The van der Waals surface area contributed by atoms with Gasteiger partial charge in [0.05, 0.1) is 11.1 Å². The topological polar surface area (TPSA) is 62.7 Å². The second kappa shape index (κ2) is 6.94. The molecular formula is C16H19ClN2O3. The Hall–Kier alpha value is -1.85. The lowest BCUT2D eigenvalue weighted by Crippen LogP contribution is -2.30. The number of likely N-dealkylation sites (tertiary alicyclic amines) is 1. The number of hydrogen-bond acceptors (Lipinski definition) is 4. The zero-order chi connectivity index (χ0) is 14.8. The van der Waals surface area contributed by atoms with Crippen LogP contribution in [-0.2, 0) is 0 Å². The summed E-state index contributed by atoms with van der Waals surface area (Å²) in [6, 6.07) is 9.00. The van der Waals surface area contributed by atoms with Crippen molar-refractivity contribution in [2.24, 2.45) is 0 Å². The molecule has 1 aromatic heterocycles. The first kappa shape index (κ1) is 16.5. The fourth-order valence-electron chi connectivity index (χ4n) is 2.69. The second-order valence-corrected chi connectivity index (χ2v) is 5.45. The normalized spacial score (nSPS) is 18.1. The van der Waals surface area contributed by atoms with Crippen molar-refractivity contribution in [3.8, 4) is 5.88 Å². The molecule has 2 aromatic rings. The first-order valence-electron chi connectivity index (χ1n) is 7.10. The van der Waals surface area contributed by atoms with E-state index in [1.165, 1.54) is 6.42 Å². The minimum atomic E-state index is -0.929. The van der Waals surface area contributed by atoms with Gasteiger partial charge in [-0.3, -0.25) is 0 Å². The summed E-state index contributed by atoms with van der Waals surface area (Å²) in [6.45, 7) is 1.76. The molecule has 1 saturated heterocycles. The minimum absolute atomic E-state index is 0. The zero-order valence-corrected chi connectivity index (χ0v) is 13.2. The largest absolute Gasteiger partial charge is 0.478 e. The van der Waals surface area contributed by atoms with Crippen LogP contribution in [0.25, 0.3) is 10.9 Å². The average molecular weight is 323 g/mol. The van der Waals surface area contributed by atoms with Gasteiger partial charge in [0, 0.05) is 17.5 Å². The van der Waals surface area contributed by atoms with Crippen LogP contribution < -0.4 is 4.74 Å². The highest BCUT2D eigenvalue weighted by molar-refractivity contribution is 5.93. The number of nitrogens with zero attached hydrogens (tertiary/aromatic N) is 2. The lowest BCUT2D eigenvalue weighted by molar-refractivity contribution is 0.0697. The van der Waals surface area contributed by atoms with Crippen molar-refractivity contribution in [3.05, 3.63) is 35.9 Å². The Morgan fingerprint density at radius 3 is 2.91 bits per heavy atom. The molecule has 1 aliphatic heterocycles. The Labute approximate surface area is 135 Å². The number of carbonyl (C=O) groups is 1. The fraction of sp³-hybridized carbons (Fsp3) is 0.375. The number of hydrogen-bond donors (Lipinski definition) is 1. The maximum absolute atomic E-state index is 10.9. The summed E-state index contributed by atoms with van der Waals surface area (Å²) in [6.07, 6.45) is 2.37. The van der Waals surface area contributed by atoms with Crippen LogP contribution in [-0.4, -0.2) is 47.2 Å². The van der Waals surface area contributed by atoms with Crippen LogP contribution in [0.4, 0.5) is 0 Å². The monoisotopic (exact) mass is 322 g/mol. The number of likely N-dealkylation sites (N-methyl/N-ethyl adjacent to an activating group) is 1. The van der Waals surface area contributed by atoms with E-state index in [1.807, 2.05) is 6.07 Å². The SMILES string of the molecule is CN1CCC[C@H]1COc1ccc2cc(C(=O)O)ccc2n1.Cl. The molecule has 0 bridgehead atoms. The standard InChI is InChI=1S/C16H18N2O3.ClH/c1-18-8-2-3-13(18)10-21-15-7-5-11-9-12(16(19)20)4-6-14(11)17-15;/h4-7,9,13H,2-3,8,10H2,1H3,(H,19,20);1H/t13-;/m0./s1. The van der Waals surface area contributed by atoms with Gasteiger partial charge in [-0.1, -0.05) is 0 Å². The van der Waals surface area contributed by atoms with E-state index in [2.05, 4.69) is 16.9 Å². The molecule has 0 radical (unpaired) electrons. The maximum Gasteiger partial charge on any atom is 0.335 e. The summed E-state index contributed by atoms with van der Waals surface area (Å²) in [5.74, 6) is -0.340. The second-order valence-electron chi connectivity index (χ2n) is 5.45. The molecule has 6 heteroatoms. The summed E-state index contributed by atoms with van der Waals surface area (Å²) in [4.78, 5) is 17.7. The van der Waals surface area contributed by atoms with Crippen molar-refractivity contribution in [1.82, 2.24) is 9.88 Å². The molecule has 1 aromatic carbocycles. The molecule has 0 spiro atoms. The number of benzene rings is 1. The predicted octanol–water partition coefficient (Wildman–Crippen LogP) is 2.83. The minimum Gasteiger partial charge on any atom is -0.478 e. The average Bonchev–Trinajstić information content (AvgIpc) is 2.89. The molecule has 22 heavy (non-hydrogen) atoms. The summed E-state index contributed by atoms with van der Waals surface area (Å²) in [5, 5.41) is 9.79. The van der Waals surface area contributed by atoms with E-state index in [4.69, 9.17) is 9.84 Å². The van der Waals surface area contributed by atoms with Crippen LogP contribution in [0.2, 0.25) is 0 Å². The molecule has 5 nitrogen and oxygen atoms in total. The lowest BCUT2D eigenvalue weighted by atomic mass is 10.1. The van der Waals surface area contributed by atoms with E-state index in [0.29, 0.717) is 18.5 Å². The quantitative estimate of drug-likeness (QED) is 0.937. The van der Waals surface area contributed by atoms with E-state index in [-0.39, 0.29) is 18.0 Å². The van der Waals surface area contributed by atoms with Crippen LogP contribution in [0.1, 0.15) is 23.2 Å². The molecule has 0 unspecified atom stereocenters. The van der Waals surface area contributed by atoms with Gasteiger partial charge in [-0.15, -0.1) is 12.4 Å². The molecule has 0 aliphatic carbocycles. The van der Waals surface area contributed by atoms with Gasteiger partial charge >= 0.3 is 5.97 Å². The number of rotatable bonds is 4. The van der Waals surface area contributed by atoms with Gasteiger partial charge in [-0.2, -0.15) is 0 Å². The van der Waals surface area contributed by atoms with E-state index in [9.17, 15) is 4.79 Å². The molecule has 118 valence electrons. The van der Waals surface area contributed by atoms with Gasteiger partial charge in [0.1, 0.15) is 6.61 Å². The van der Waals surface area contributed by atoms with E-state index < -0.39 is 5.97 Å². The van der Waals surface area contributed by atoms with Crippen LogP contribution in [0, 0.1) is 0 Å². The molecule has 0 saturated carbocycles. The first-order chi connectivity index (χ1) is 10.1. The third kappa shape index (κ3) is 3.48. The van der Waals surface area contributed by atoms with Crippen molar-refractivity contribution >= 4 is 29.3 Å². The van der Waals surface area contributed by atoms with Gasteiger partial charge in [-0.25, -0.2) is 9.78 Å². The zero-order valence-electron chi connectivity index (χ0n) is 12.4. The number of ether oxygens (including phenoxy) is 1. The highest BCUT2D eigenvalue weighted by Gasteiger charge is 2.21. The number of carboxylic acids is 1. The molecule has 1 fully saturated rings. The van der Waals surface area contributed by atoms with E-state index in [1.54, 1.807) is 24.3 Å². The molecular weight excluding hydrogens is 304 g/mol. The molecule has 1 N–H and O–H groups in total. The predicted molar refractivity (Wildman–Crippen MR) is 87.1 cm³/mol. The molecule has 3 rings (SSSR count). The Morgan fingerprint density at radius 1 is 1.41 bits per heavy atom. The number of pyridine rings is 1. The van der Waals surface area contributed by atoms with Gasteiger partial charge < -0.3 is 14.7 Å². The number of carboxylic acid groups (broad SMARTS) is 1. The highest BCUT2D eigenvalue weighted by Crippen LogP contribution is 2.20. The Morgan fingerprint density at radius 2 is 2.23 bits per heavy atom. The number of aromatic carboxylic acids is 1. The highest BCUT2D eigenvalue weighted by atomic mass is 35.5. The summed E-state index contributed by atoms with van der Waals surface area (Å²) >= 11 is 0. The van der Waals surface area contributed by atoms with Crippen LogP contribution in [0.3, 0.4) is 0 Å². The van der Waals surface area contributed by atoms with E-state index >= 15 is 0 Å². The summed E-state index contributed by atoms with van der Waals surface area (Å²) in [7, 11) is 2.11. The Balaban J connectivity index is 0.00000176. The lowest BCUT2D eigenvalue weighted by Gasteiger charge is -2.19. The maximum atomic E-state index is 10.9. The molecule has 1 atom stereocenters. The smallest absolute Gasteiger partial charge is 0.335 e. The Kier molecular flexibility index (Phi) is 5.21. The number of aromatic nitrogens is 1. The van der Waals surface area contributed by atoms with Gasteiger partial charge in [-0.05, 0) is 50.7 Å². The van der Waals surface area contributed by atoms with Gasteiger partial charge in [0.2, 0.25) is 5.88 Å². The molecule has 0 amide bonds. The molecule has 1 aliphatic rings. The van der Waals surface area contributed by atoms with E-state index in [0.717, 1.165) is 23.9 Å². The first-order valence-corrected chi connectivity index (χ1v) is 7.10. The summed E-state index contributed by atoms with van der Waals surface area (Å²) < 4.78 is 5.78. The Bertz CT molecular complexity index is 677. The van der Waals surface area contributed by atoms with Crippen molar-refractivity contribution < 1.29 is 14.6 Å². The van der Waals surface area contributed by atoms with Crippen LogP contribution in [0.5, 0.6) is 5.88 Å². The van der Waals surface area contributed by atoms with Gasteiger partial charge in [0.15, 0.2) is 0 Å². The molecule has 2 heterocycles. The van der Waals surface area contributed by atoms with Crippen molar-refractivity contribution in [2.75, 3.05) is 20.2 Å². The van der Waals surface area contributed by atoms with Crippen molar-refractivity contribution in [2.45, 2.75) is 18.9 Å². The van der Waals surface area contributed by atoms with Crippen LogP contribution in [0.15, 0.2) is 30.3 Å². The van der Waals surface area contributed by atoms with Gasteiger partial charge in [0.25, 0.3) is 0 Å². The third-order valence-corrected chi connectivity index (χ3v) is 4.01. The third-order valence-electron chi connectivity index (χ3n) is 4.01. The number of halogens is 1. The summed E-state index contributed by atoms with van der Waals surface area (Å²) in [5.41, 5.74) is 1.02. The number of fused-ring (bicyclic) bond motifs is 1. The van der Waals surface area contributed by atoms with Crippen LogP contribution >= 0.6 is 12.4 Å². The van der Waals surface area contributed by atoms with Crippen molar-refractivity contribution in [3.63, 3.8) is 0 Å².